The van der Waals surface area contributed by atoms with Gasteiger partial charge in [-0.25, -0.2) is 4.79 Å². The van der Waals surface area contributed by atoms with Gasteiger partial charge in [-0.15, -0.1) is 0 Å². The lowest BCUT2D eigenvalue weighted by atomic mass is 9.96. The van der Waals surface area contributed by atoms with Gasteiger partial charge in [0.05, 0.1) is 11.3 Å². The summed E-state index contributed by atoms with van der Waals surface area (Å²) in [6.45, 7) is 2.45. The lowest BCUT2D eigenvalue weighted by Crippen LogP contribution is -2.13. The minimum atomic E-state index is -0.959. The molecule has 1 saturated heterocycles. The van der Waals surface area contributed by atoms with Gasteiger partial charge in [0, 0.05) is 30.1 Å². The molecule has 1 unspecified atom stereocenters. The second-order valence-electron chi connectivity index (χ2n) is 5.51. The molecule has 5 heteroatoms. The zero-order chi connectivity index (χ0) is 15.7. The molecule has 0 aliphatic carbocycles. The van der Waals surface area contributed by atoms with Crippen LogP contribution < -0.4 is 5.32 Å². The quantitative estimate of drug-likeness (QED) is 0.911. The monoisotopic (exact) mass is 296 g/mol. The number of aromatic nitrogens is 1. The van der Waals surface area contributed by atoms with Crippen LogP contribution >= 0.6 is 0 Å². The van der Waals surface area contributed by atoms with Crippen molar-refractivity contribution in [2.75, 3.05) is 6.54 Å². The van der Waals surface area contributed by atoms with Gasteiger partial charge in [0.2, 0.25) is 5.91 Å². The Labute approximate surface area is 128 Å². The van der Waals surface area contributed by atoms with E-state index < -0.39 is 5.97 Å². The number of nitrogens with zero attached hydrogens (tertiary/aromatic N) is 1. The molecule has 1 aromatic heterocycles. The van der Waals surface area contributed by atoms with E-state index in [2.05, 4.69) is 10.3 Å². The van der Waals surface area contributed by atoms with Crippen molar-refractivity contribution in [2.24, 2.45) is 0 Å². The highest BCUT2D eigenvalue weighted by Gasteiger charge is 2.22. The van der Waals surface area contributed by atoms with Gasteiger partial charge in [0.15, 0.2) is 0 Å². The Balaban J connectivity index is 1.89. The van der Waals surface area contributed by atoms with Crippen molar-refractivity contribution in [1.82, 2.24) is 10.3 Å². The largest absolute Gasteiger partial charge is 0.478 e. The fraction of sp³-hybridized carbons (Fsp3) is 0.235. The number of hydrogen-bond donors (Lipinski definition) is 2. The minimum Gasteiger partial charge on any atom is -0.478 e. The number of carboxylic acids is 1. The number of carboxylic acid groups (broad SMARTS) is 1. The first kappa shape index (κ1) is 14.3. The minimum absolute atomic E-state index is 0.0838. The number of hydrogen-bond acceptors (Lipinski definition) is 3. The van der Waals surface area contributed by atoms with Crippen molar-refractivity contribution >= 4 is 11.9 Å². The van der Waals surface area contributed by atoms with Gasteiger partial charge >= 0.3 is 5.97 Å². The topological polar surface area (TPSA) is 79.3 Å². The number of carbonyl (C=O) groups is 2. The molecule has 0 saturated carbocycles. The van der Waals surface area contributed by atoms with E-state index in [1.165, 1.54) is 0 Å². The molecule has 3 rings (SSSR count). The van der Waals surface area contributed by atoms with Crippen LogP contribution in [0.15, 0.2) is 36.4 Å². The number of aryl methyl sites for hydroxylation is 1. The maximum atomic E-state index is 11.3. The lowest BCUT2D eigenvalue weighted by molar-refractivity contribution is -0.119. The molecule has 5 nitrogen and oxygen atoms in total. The molecule has 112 valence electrons. The number of nitrogens with one attached hydrogen (secondary N) is 1. The molecule has 1 fully saturated rings. The van der Waals surface area contributed by atoms with Crippen LogP contribution in [0.2, 0.25) is 0 Å². The van der Waals surface area contributed by atoms with Crippen LogP contribution in [0.1, 0.15) is 34.0 Å². The summed E-state index contributed by atoms with van der Waals surface area (Å²) in [5, 5.41) is 12.0. The summed E-state index contributed by atoms with van der Waals surface area (Å²) < 4.78 is 0. The third kappa shape index (κ3) is 2.83. The Morgan fingerprint density at radius 1 is 1.27 bits per heavy atom. The first-order valence-corrected chi connectivity index (χ1v) is 7.12. The molecule has 2 heterocycles. The van der Waals surface area contributed by atoms with Crippen molar-refractivity contribution in [1.29, 1.82) is 0 Å². The average molecular weight is 296 g/mol. The molecule has 0 radical (unpaired) electrons. The standard InChI is InChI=1S/C17H16N2O3/c1-10-6-13(17(21)22)7-15(19-10)12-4-2-11(3-5-12)14-8-16(20)18-9-14/h2-7,14H,8-9H2,1H3,(H,18,20)(H,21,22). The predicted molar refractivity (Wildman–Crippen MR) is 81.7 cm³/mol. The van der Waals surface area contributed by atoms with Crippen LogP contribution in [0.4, 0.5) is 0 Å². The van der Waals surface area contributed by atoms with Crippen molar-refractivity contribution < 1.29 is 14.7 Å². The molecule has 2 aromatic rings. The van der Waals surface area contributed by atoms with Gasteiger partial charge in [-0.05, 0) is 24.6 Å². The van der Waals surface area contributed by atoms with E-state index in [-0.39, 0.29) is 17.4 Å². The Morgan fingerprint density at radius 2 is 2.00 bits per heavy atom. The molecule has 1 aliphatic rings. The molecule has 2 N–H and O–H groups in total. The molecule has 1 aromatic carbocycles. The van der Waals surface area contributed by atoms with Gasteiger partial charge < -0.3 is 10.4 Å². The first-order valence-electron chi connectivity index (χ1n) is 7.12. The smallest absolute Gasteiger partial charge is 0.335 e. The van der Waals surface area contributed by atoms with Gasteiger partial charge in [0.1, 0.15) is 0 Å². The molecule has 1 aliphatic heterocycles. The maximum Gasteiger partial charge on any atom is 0.335 e. The van der Waals surface area contributed by atoms with Crippen molar-refractivity contribution in [2.45, 2.75) is 19.3 Å². The summed E-state index contributed by atoms with van der Waals surface area (Å²) in [5.41, 5.74) is 3.52. The summed E-state index contributed by atoms with van der Waals surface area (Å²) in [5.74, 6) is -0.666. The van der Waals surface area contributed by atoms with E-state index in [0.29, 0.717) is 24.4 Å². The number of benzene rings is 1. The van der Waals surface area contributed by atoms with Crippen molar-refractivity contribution in [3.63, 3.8) is 0 Å². The zero-order valence-corrected chi connectivity index (χ0v) is 12.2. The van der Waals surface area contributed by atoms with E-state index in [4.69, 9.17) is 5.11 Å². The van der Waals surface area contributed by atoms with Crippen LogP contribution in [-0.2, 0) is 4.79 Å². The molecule has 0 bridgehead atoms. The van der Waals surface area contributed by atoms with Gasteiger partial charge in [-0.2, -0.15) is 0 Å². The van der Waals surface area contributed by atoms with E-state index >= 15 is 0 Å². The summed E-state index contributed by atoms with van der Waals surface area (Å²) in [7, 11) is 0. The average Bonchev–Trinajstić information content (AvgIpc) is 2.93. The Morgan fingerprint density at radius 3 is 2.59 bits per heavy atom. The number of rotatable bonds is 3. The number of amides is 1. The highest BCUT2D eigenvalue weighted by molar-refractivity contribution is 5.89. The summed E-state index contributed by atoms with van der Waals surface area (Å²) >= 11 is 0. The SMILES string of the molecule is Cc1cc(C(=O)O)cc(-c2ccc(C3CNC(=O)C3)cc2)n1. The van der Waals surface area contributed by atoms with E-state index in [1.807, 2.05) is 24.3 Å². The fourth-order valence-corrected chi connectivity index (χ4v) is 2.71. The van der Waals surface area contributed by atoms with Gasteiger partial charge in [0.25, 0.3) is 0 Å². The Bertz CT molecular complexity index is 738. The van der Waals surface area contributed by atoms with Crippen LogP contribution in [-0.4, -0.2) is 28.5 Å². The van der Waals surface area contributed by atoms with E-state index in [0.717, 1.165) is 11.1 Å². The zero-order valence-electron chi connectivity index (χ0n) is 12.2. The van der Waals surface area contributed by atoms with E-state index in [1.54, 1.807) is 19.1 Å². The van der Waals surface area contributed by atoms with Crippen molar-refractivity contribution in [3.8, 4) is 11.3 Å². The van der Waals surface area contributed by atoms with Crippen molar-refractivity contribution in [3.05, 3.63) is 53.2 Å². The van der Waals surface area contributed by atoms with Crippen LogP contribution in [0.3, 0.4) is 0 Å². The van der Waals surface area contributed by atoms with Crippen LogP contribution in [0.5, 0.6) is 0 Å². The maximum absolute atomic E-state index is 11.3. The molecule has 22 heavy (non-hydrogen) atoms. The Kier molecular flexibility index (Phi) is 3.63. The summed E-state index contributed by atoms with van der Waals surface area (Å²) in [6.07, 6.45) is 0.519. The second-order valence-corrected chi connectivity index (χ2v) is 5.51. The third-order valence-electron chi connectivity index (χ3n) is 3.86. The molecule has 1 atom stereocenters. The molecular weight excluding hydrogens is 280 g/mol. The number of aromatic carboxylic acids is 1. The summed E-state index contributed by atoms with van der Waals surface area (Å²) in [6, 6.07) is 10.9. The first-order chi connectivity index (χ1) is 10.5. The van der Waals surface area contributed by atoms with Crippen LogP contribution in [0, 0.1) is 6.92 Å². The van der Waals surface area contributed by atoms with Gasteiger partial charge in [-0.1, -0.05) is 24.3 Å². The molecule has 0 spiro atoms. The van der Waals surface area contributed by atoms with E-state index in [9.17, 15) is 9.59 Å². The van der Waals surface area contributed by atoms with Gasteiger partial charge in [-0.3, -0.25) is 9.78 Å². The van der Waals surface area contributed by atoms with Crippen LogP contribution in [0.25, 0.3) is 11.3 Å². The fourth-order valence-electron chi connectivity index (χ4n) is 2.71. The molecule has 1 amide bonds. The molecular formula is C17H16N2O3. The predicted octanol–water partition coefficient (Wildman–Crippen LogP) is 2.36. The Hall–Kier alpha value is -2.69. The third-order valence-corrected chi connectivity index (χ3v) is 3.86. The number of carbonyl (C=O) groups excluding carboxylic acids is 1. The lowest BCUT2D eigenvalue weighted by Gasteiger charge is -2.09. The highest BCUT2D eigenvalue weighted by atomic mass is 16.4. The second kappa shape index (κ2) is 5.60. The number of pyridine rings is 1. The normalized spacial score (nSPS) is 17.3. The highest BCUT2D eigenvalue weighted by Crippen LogP contribution is 2.26. The summed E-state index contributed by atoms with van der Waals surface area (Å²) in [4.78, 5) is 26.8.